The van der Waals surface area contributed by atoms with Gasteiger partial charge in [0.1, 0.15) is 0 Å². The number of nitrogens with zero attached hydrogens (tertiary/aromatic N) is 1. The Kier molecular flexibility index (Phi) is 3.76. The second kappa shape index (κ2) is 5.54. The molecular formula is C16H22N2O2. The number of aromatic carboxylic acids is 1. The van der Waals surface area contributed by atoms with Gasteiger partial charge in [-0.1, -0.05) is 12.1 Å². The van der Waals surface area contributed by atoms with Crippen molar-refractivity contribution in [2.75, 3.05) is 7.05 Å². The van der Waals surface area contributed by atoms with E-state index in [4.69, 9.17) is 5.11 Å². The summed E-state index contributed by atoms with van der Waals surface area (Å²) in [5.74, 6) is -0.861. The van der Waals surface area contributed by atoms with Crippen molar-refractivity contribution < 1.29 is 9.90 Å². The lowest BCUT2D eigenvalue weighted by Crippen LogP contribution is -2.46. The molecule has 2 atom stereocenters. The summed E-state index contributed by atoms with van der Waals surface area (Å²) in [5.41, 5.74) is 1.54. The van der Waals surface area contributed by atoms with Crippen LogP contribution in [0, 0.1) is 0 Å². The van der Waals surface area contributed by atoms with Crippen LogP contribution in [0.4, 0.5) is 0 Å². The molecule has 2 saturated heterocycles. The van der Waals surface area contributed by atoms with Gasteiger partial charge in [0.2, 0.25) is 0 Å². The Bertz CT molecular complexity index is 474. The van der Waals surface area contributed by atoms with Crippen LogP contribution in [0.2, 0.25) is 0 Å². The molecule has 4 heteroatoms. The highest BCUT2D eigenvalue weighted by Crippen LogP contribution is 2.29. The molecule has 2 N–H and O–H groups in total. The lowest BCUT2D eigenvalue weighted by molar-refractivity contribution is 0.0697. The third-order valence-electron chi connectivity index (χ3n) is 4.70. The van der Waals surface area contributed by atoms with E-state index in [0.29, 0.717) is 23.7 Å². The van der Waals surface area contributed by atoms with Gasteiger partial charge in [0.15, 0.2) is 0 Å². The third kappa shape index (κ3) is 2.86. The van der Waals surface area contributed by atoms with Crippen LogP contribution in [0.25, 0.3) is 0 Å². The van der Waals surface area contributed by atoms with E-state index in [1.165, 1.54) is 31.2 Å². The Morgan fingerprint density at radius 2 is 1.85 bits per heavy atom. The summed E-state index contributed by atoms with van der Waals surface area (Å²) < 4.78 is 0. The van der Waals surface area contributed by atoms with E-state index in [1.54, 1.807) is 12.1 Å². The fourth-order valence-electron chi connectivity index (χ4n) is 3.56. The summed E-state index contributed by atoms with van der Waals surface area (Å²) in [4.78, 5) is 13.3. The van der Waals surface area contributed by atoms with E-state index in [0.717, 1.165) is 6.54 Å². The van der Waals surface area contributed by atoms with E-state index in [2.05, 4.69) is 17.3 Å². The van der Waals surface area contributed by atoms with Crippen LogP contribution < -0.4 is 5.32 Å². The molecule has 1 aromatic carbocycles. The standard InChI is InChI=1S/C16H22N2O2/c1-18(15-8-13-6-7-14(9-15)17-13)10-11-2-4-12(5-3-11)16(19)20/h2-5,13-15,17H,6-10H2,1H3,(H,19,20). The maximum absolute atomic E-state index is 10.8. The van der Waals surface area contributed by atoms with Gasteiger partial charge >= 0.3 is 5.97 Å². The normalized spacial score (nSPS) is 28.8. The van der Waals surface area contributed by atoms with Crippen LogP contribution in [0.5, 0.6) is 0 Å². The molecular weight excluding hydrogens is 252 g/mol. The van der Waals surface area contributed by atoms with Gasteiger partial charge in [-0.15, -0.1) is 0 Å². The highest BCUT2D eigenvalue weighted by molar-refractivity contribution is 5.87. The molecule has 0 radical (unpaired) electrons. The van der Waals surface area contributed by atoms with Gasteiger partial charge in [-0.2, -0.15) is 0 Å². The Labute approximate surface area is 119 Å². The van der Waals surface area contributed by atoms with E-state index in [9.17, 15) is 4.79 Å². The van der Waals surface area contributed by atoms with Crippen LogP contribution in [0.15, 0.2) is 24.3 Å². The molecule has 0 saturated carbocycles. The van der Waals surface area contributed by atoms with E-state index < -0.39 is 5.97 Å². The Morgan fingerprint density at radius 1 is 1.25 bits per heavy atom. The van der Waals surface area contributed by atoms with Crippen LogP contribution >= 0.6 is 0 Å². The van der Waals surface area contributed by atoms with Gasteiger partial charge in [-0.3, -0.25) is 4.90 Å². The predicted molar refractivity (Wildman–Crippen MR) is 77.8 cm³/mol. The fourth-order valence-corrected chi connectivity index (χ4v) is 3.56. The van der Waals surface area contributed by atoms with Crippen molar-refractivity contribution in [1.29, 1.82) is 0 Å². The SMILES string of the molecule is CN(Cc1ccc(C(=O)O)cc1)C1CC2CCC(C1)N2. The van der Waals surface area contributed by atoms with Gasteiger partial charge in [0.05, 0.1) is 5.56 Å². The molecule has 0 spiro atoms. The zero-order chi connectivity index (χ0) is 14.1. The molecule has 4 nitrogen and oxygen atoms in total. The number of fused-ring (bicyclic) bond motifs is 2. The number of piperidine rings is 1. The smallest absolute Gasteiger partial charge is 0.335 e. The lowest BCUT2D eigenvalue weighted by atomic mass is 9.98. The highest BCUT2D eigenvalue weighted by Gasteiger charge is 2.34. The number of carboxylic acids is 1. The summed E-state index contributed by atoms with van der Waals surface area (Å²) in [6, 6.07) is 9.29. The van der Waals surface area contributed by atoms with E-state index >= 15 is 0 Å². The zero-order valence-electron chi connectivity index (χ0n) is 11.9. The van der Waals surface area contributed by atoms with Gasteiger partial charge in [0.25, 0.3) is 0 Å². The molecule has 2 heterocycles. The maximum Gasteiger partial charge on any atom is 0.335 e. The van der Waals surface area contributed by atoms with E-state index in [1.807, 2.05) is 12.1 Å². The molecule has 2 aliphatic heterocycles. The average Bonchev–Trinajstić information content (AvgIpc) is 2.78. The van der Waals surface area contributed by atoms with Crippen LogP contribution in [-0.2, 0) is 6.54 Å². The minimum atomic E-state index is -0.861. The molecule has 2 aliphatic rings. The number of carbonyl (C=O) groups is 1. The average molecular weight is 274 g/mol. The first-order valence-electron chi connectivity index (χ1n) is 7.40. The summed E-state index contributed by atoms with van der Waals surface area (Å²) in [6.07, 6.45) is 5.12. The fraction of sp³-hybridized carbons (Fsp3) is 0.562. The summed E-state index contributed by atoms with van der Waals surface area (Å²) >= 11 is 0. The van der Waals surface area contributed by atoms with Crippen molar-refractivity contribution in [1.82, 2.24) is 10.2 Å². The third-order valence-corrected chi connectivity index (χ3v) is 4.70. The monoisotopic (exact) mass is 274 g/mol. The molecule has 0 amide bonds. The number of carboxylic acid groups (broad SMARTS) is 1. The summed E-state index contributed by atoms with van der Waals surface area (Å²) in [5, 5.41) is 12.6. The molecule has 2 unspecified atom stereocenters. The molecule has 2 bridgehead atoms. The minimum Gasteiger partial charge on any atom is -0.478 e. The largest absolute Gasteiger partial charge is 0.478 e. The Hall–Kier alpha value is -1.39. The first-order valence-corrected chi connectivity index (χ1v) is 7.40. The highest BCUT2D eigenvalue weighted by atomic mass is 16.4. The molecule has 2 fully saturated rings. The van der Waals surface area contributed by atoms with E-state index in [-0.39, 0.29) is 0 Å². The van der Waals surface area contributed by atoms with Crippen molar-refractivity contribution in [2.45, 2.75) is 50.4 Å². The van der Waals surface area contributed by atoms with Crippen molar-refractivity contribution in [3.8, 4) is 0 Å². The number of benzene rings is 1. The molecule has 3 rings (SSSR count). The molecule has 20 heavy (non-hydrogen) atoms. The number of hydrogen-bond donors (Lipinski definition) is 2. The number of nitrogens with one attached hydrogen (secondary N) is 1. The molecule has 0 aliphatic carbocycles. The van der Waals surface area contributed by atoms with Crippen LogP contribution in [-0.4, -0.2) is 41.1 Å². The summed E-state index contributed by atoms with van der Waals surface area (Å²) in [6.45, 7) is 0.893. The van der Waals surface area contributed by atoms with Gasteiger partial charge < -0.3 is 10.4 Å². The quantitative estimate of drug-likeness (QED) is 0.883. The second-order valence-electron chi connectivity index (χ2n) is 6.18. The Balaban J connectivity index is 1.60. The second-order valence-corrected chi connectivity index (χ2v) is 6.18. The zero-order valence-corrected chi connectivity index (χ0v) is 11.9. The maximum atomic E-state index is 10.8. The first-order chi connectivity index (χ1) is 9.61. The minimum absolute atomic E-state index is 0.358. The van der Waals surface area contributed by atoms with Crippen molar-refractivity contribution in [2.24, 2.45) is 0 Å². The molecule has 1 aromatic rings. The van der Waals surface area contributed by atoms with Crippen molar-refractivity contribution in [3.63, 3.8) is 0 Å². The number of hydrogen-bond acceptors (Lipinski definition) is 3. The van der Waals surface area contributed by atoms with Crippen LogP contribution in [0.3, 0.4) is 0 Å². The lowest BCUT2D eigenvalue weighted by Gasteiger charge is -2.35. The van der Waals surface area contributed by atoms with Crippen molar-refractivity contribution >= 4 is 5.97 Å². The predicted octanol–water partition coefficient (Wildman–Crippen LogP) is 2.10. The van der Waals surface area contributed by atoms with Gasteiger partial charge in [0, 0.05) is 24.7 Å². The van der Waals surface area contributed by atoms with Gasteiger partial charge in [-0.05, 0) is 50.4 Å². The van der Waals surface area contributed by atoms with Crippen molar-refractivity contribution in [3.05, 3.63) is 35.4 Å². The van der Waals surface area contributed by atoms with Crippen LogP contribution in [0.1, 0.15) is 41.6 Å². The molecule has 108 valence electrons. The topological polar surface area (TPSA) is 52.6 Å². The first kappa shape index (κ1) is 13.6. The molecule has 0 aromatic heterocycles. The summed E-state index contributed by atoms with van der Waals surface area (Å²) in [7, 11) is 2.18. The Morgan fingerprint density at radius 3 is 2.40 bits per heavy atom. The number of rotatable bonds is 4. The van der Waals surface area contributed by atoms with Gasteiger partial charge in [-0.25, -0.2) is 4.79 Å².